The Labute approximate surface area is 122 Å². The quantitative estimate of drug-likeness (QED) is 0.877. The third-order valence-corrected chi connectivity index (χ3v) is 3.18. The molecule has 0 saturated heterocycles. The number of hydrogen-bond acceptors (Lipinski definition) is 2. The smallest absolute Gasteiger partial charge is 0.129 e. The Balaban J connectivity index is 2.19. The van der Waals surface area contributed by atoms with E-state index in [0.717, 1.165) is 5.56 Å². The number of anilines is 1. The third-order valence-electron chi connectivity index (χ3n) is 3.18. The summed E-state index contributed by atoms with van der Waals surface area (Å²) < 4.78 is 47.0. The summed E-state index contributed by atoms with van der Waals surface area (Å²) in [5, 5.41) is 3.16. The summed E-state index contributed by atoms with van der Waals surface area (Å²) in [6, 6.07) is 13.9. The van der Waals surface area contributed by atoms with Crippen LogP contribution in [0.25, 0.3) is 0 Å². The molecule has 1 heterocycles. The number of para-hydroxylation sites is 1. The summed E-state index contributed by atoms with van der Waals surface area (Å²) in [5.74, 6) is 0. The number of hydrogen-bond donors (Lipinski definition) is 1. The summed E-state index contributed by atoms with van der Waals surface area (Å²) >= 11 is 0. The van der Waals surface area contributed by atoms with Crippen LogP contribution in [0.3, 0.4) is 0 Å². The number of benzene rings is 2. The van der Waals surface area contributed by atoms with E-state index in [0.29, 0.717) is 0 Å². The second-order valence-corrected chi connectivity index (χ2v) is 4.40. The Kier molecular flexibility index (Phi) is 1.72. The van der Waals surface area contributed by atoms with Gasteiger partial charge in [0.1, 0.15) is 6.17 Å². The normalized spacial score (nSPS) is 23.6. The summed E-state index contributed by atoms with van der Waals surface area (Å²) in [6.07, 6.45) is 3.00. The number of nitrogens with one attached hydrogen (secondary N) is 1. The van der Waals surface area contributed by atoms with Crippen molar-refractivity contribution in [2.75, 3.05) is 4.90 Å². The van der Waals surface area contributed by atoms with Gasteiger partial charge in [-0.15, -0.1) is 0 Å². The van der Waals surface area contributed by atoms with E-state index in [-0.39, 0.29) is 23.0 Å². The van der Waals surface area contributed by atoms with Crippen molar-refractivity contribution in [2.45, 2.75) is 19.9 Å². The van der Waals surface area contributed by atoms with Gasteiger partial charge in [-0.3, -0.25) is 0 Å². The zero-order valence-electron chi connectivity index (χ0n) is 16.3. The molecule has 96 valence electrons. The molecular weight excluding hydrogens is 232 g/mol. The molecule has 2 aromatic rings. The SMILES string of the molecule is [2H]C([2H])([2H])c1cccc(C([2H])([2H])[2H])c1N1C=CNC1c1ccccc1. The van der Waals surface area contributed by atoms with E-state index in [4.69, 9.17) is 8.22 Å². The molecule has 2 heteroatoms. The predicted molar refractivity (Wildman–Crippen MR) is 79.9 cm³/mol. The highest BCUT2D eigenvalue weighted by molar-refractivity contribution is 5.63. The Morgan fingerprint density at radius 1 is 1.00 bits per heavy atom. The minimum atomic E-state index is -2.42. The van der Waals surface area contributed by atoms with Crippen LogP contribution in [0.15, 0.2) is 60.9 Å². The van der Waals surface area contributed by atoms with Crippen LogP contribution in [0.4, 0.5) is 5.69 Å². The molecule has 0 spiro atoms. The van der Waals surface area contributed by atoms with Gasteiger partial charge in [-0.25, -0.2) is 0 Å². The highest BCUT2D eigenvalue weighted by atomic mass is 15.3. The van der Waals surface area contributed by atoms with E-state index in [1.54, 1.807) is 17.3 Å². The Hall–Kier alpha value is -2.22. The summed E-state index contributed by atoms with van der Waals surface area (Å²) in [7, 11) is 0. The van der Waals surface area contributed by atoms with Crippen LogP contribution in [-0.4, -0.2) is 0 Å². The molecule has 3 rings (SSSR count). The molecule has 1 atom stereocenters. The highest BCUT2D eigenvalue weighted by Crippen LogP contribution is 2.33. The molecule has 2 nitrogen and oxygen atoms in total. The first kappa shape index (κ1) is 6.80. The van der Waals surface area contributed by atoms with Crippen LogP contribution in [0, 0.1) is 13.7 Å². The molecule has 1 unspecified atom stereocenters. The van der Waals surface area contributed by atoms with E-state index in [1.165, 1.54) is 18.2 Å². The van der Waals surface area contributed by atoms with Crippen molar-refractivity contribution in [1.82, 2.24) is 5.32 Å². The monoisotopic (exact) mass is 256 g/mol. The molecule has 0 amide bonds. The average Bonchev–Trinajstić information content (AvgIpc) is 3.02. The zero-order valence-corrected chi connectivity index (χ0v) is 10.3. The summed E-state index contributed by atoms with van der Waals surface area (Å²) in [6.45, 7) is -4.84. The molecule has 1 aliphatic heterocycles. The summed E-state index contributed by atoms with van der Waals surface area (Å²) in [5.41, 5.74) is 1.16. The molecule has 0 fully saturated rings. The van der Waals surface area contributed by atoms with Crippen molar-refractivity contribution >= 4 is 5.69 Å². The lowest BCUT2D eigenvalue weighted by Crippen LogP contribution is -2.27. The van der Waals surface area contributed by atoms with E-state index in [9.17, 15) is 0 Å². The highest BCUT2D eigenvalue weighted by Gasteiger charge is 2.23. The molecule has 0 saturated carbocycles. The van der Waals surface area contributed by atoms with Crippen molar-refractivity contribution < 1.29 is 8.22 Å². The van der Waals surface area contributed by atoms with Crippen LogP contribution in [0.2, 0.25) is 0 Å². The lowest BCUT2D eigenvalue weighted by molar-refractivity contribution is 0.665. The first-order valence-electron chi connectivity index (χ1n) is 9.09. The average molecular weight is 256 g/mol. The summed E-state index contributed by atoms with van der Waals surface area (Å²) in [4.78, 5) is 1.68. The fourth-order valence-corrected chi connectivity index (χ4v) is 2.30. The van der Waals surface area contributed by atoms with Gasteiger partial charge in [-0.1, -0.05) is 48.5 Å². The topological polar surface area (TPSA) is 15.3 Å². The van der Waals surface area contributed by atoms with Crippen LogP contribution in [0.5, 0.6) is 0 Å². The molecule has 0 aromatic heterocycles. The predicted octanol–water partition coefficient (Wildman–Crippen LogP) is 3.88. The maximum Gasteiger partial charge on any atom is 0.129 e. The Morgan fingerprint density at radius 3 is 2.42 bits per heavy atom. The van der Waals surface area contributed by atoms with Gasteiger partial charge in [0.2, 0.25) is 0 Å². The number of rotatable bonds is 2. The minimum absolute atomic E-state index is 0.0235. The standard InChI is InChI=1S/C17H18N2/c1-13-7-6-8-14(2)16(13)19-12-11-18-17(19)15-9-4-3-5-10-15/h3-12,17-18H,1-2H3/i1D3,2D3. The second-order valence-electron chi connectivity index (χ2n) is 4.40. The Bertz CT molecular complexity index is 748. The van der Waals surface area contributed by atoms with Gasteiger partial charge >= 0.3 is 0 Å². The fourth-order valence-electron chi connectivity index (χ4n) is 2.30. The minimum Gasteiger partial charge on any atom is -0.366 e. The molecule has 19 heavy (non-hydrogen) atoms. The van der Waals surface area contributed by atoms with Crippen LogP contribution in [0.1, 0.15) is 31.1 Å². The fraction of sp³-hybridized carbons (Fsp3) is 0.176. The van der Waals surface area contributed by atoms with E-state index in [2.05, 4.69) is 5.32 Å². The lowest BCUT2D eigenvalue weighted by Gasteiger charge is -2.28. The van der Waals surface area contributed by atoms with Crippen molar-refractivity contribution in [1.29, 1.82) is 0 Å². The van der Waals surface area contributed by atoms with Crippen LogP contribution < -0.4 is 10.2 Å². The van der Waals surface area contributed by atoms with E-state index < -0.39 is 13.7 Å². The molecule has 2 aromatic carbocycles. The van der Waals surface area contributed by atoms with E-state index in [1.807, 2.05) is 30.3 Å². The Morgan fingerprint density at radius 2 is 1.74 bits per heavy atom. The van der Waals surface area contributed by atoms with Gasteiger partial charge in [0.25, 0.3) is 0 Å². The number of aryl methyl sites for hydroxylation is 2. The molecule has 1 N–H and O–H groups in total. The van der Waals surface area contributed by atoms with Gasteiger partial charge < -0.3 is 10.2 Å². The van der Waals surface area contributed by atoms with E-state index >= 15 is 0 Å². The van der Waals surface area contributed by atoms with Gasteiger partial charge in [0.15, 0.2) is 0 Å². The van der Waals surface area contributed by atoms with Crippen molar-refractivity contribution in [3.05, 3.63) is 77.6 Å². The molecule has 0 aliphatic carbocycles. The van der Waals surface area contributed by atoms with Crippen molar-refractivity contribution in [3.8, 4) is 0 Å². The van der Waals surface area contributed by atoms with Crippen molar-refractivity contribution in [2.24, 2.45) is 0 Å². The van der Waals surface area contributed by atoms with Crippen LogP contribution >= 0.6 is 0 Å². The second kappa shape index (κ2) is 4.81. The first-order chi connectivity index (χ1) is 11.7. The first-order valence-corrected chi connectivity index (χ1v) is 6.09. The molecular formula is C17H18N2. The third kappa shape index (κ3) is 2.10. The van der Waals surface area contributed by atoms with Gasteiger partial charge in [0, 0.05) is 26.3 Å². The molecule has 1 aliphatic rings. The maximum absolute atomic E-state index is 7.83. The maximum atomic E-state index is 7.83. The van der Waals surface area contributed by atoms with Gasteiger partial charge in [0.05, 0.1) is 0 Å². The van der Waals surface area contributed by atoms with Crippen LogP contribution in [-0.2, 0) is 0 Å². The van der Waals surface area contributed by atoms with Crippen molar-refractivity contribution in [3.63, 3.8) is 0 Å². The van der Waals surface area contributed by atoms with Gasteiger partial charge in [-0.05, 0) is 30.4 Å². The largest absolute Gasteiger partial charge is 0.366 e. The zero-order chi connectivity index (χ0) is 18.2. The lowest BCUT2D eigenvalue weighted by atomic mass is 10.1. The van der Waals surface area contributed by atoms with Gasteiger partial charge in [-0.2, -0.15) is 0 Å². The molecule has 0 radical (unpaired) electrons. The number of nitrogens with zero attached hydrogens (tertiary/aromatic N) is 1. The molecule has 0 bridgehead atoms.